The van der Waals surface area contributed by atoms with Crippen molar-refractivity contribution in [3.8, 4) is 0 Å². The van der Waals surface area contributed by atoms with Crippen molar-refractivity contribution in [2.45, 2.75) is 37.3 Å². The van der Waals surface area contributed by atoms with Gasteiger partial charge in [-0.05, 0) is 12.5 Å². The summed E-state index contributed by atoms with van der Waals surface area (Å²) in [5, 5.41) is 7.12. The Kier molecular flexibility index (Phi) is 6.59. The van der Waals surface area contributed by atoms with Crippen LogP contribution in [0.5, 0.6) is 0 Å². The minimum Gasteiger partial charge on any atom is -0.475 e. The minimum absolute atomic E-state index is 0.0514. The molecule has 0 radical (unpaired) electrons. The largest absolute Gasteiger partial charge is 0.490 e. The number of nitrogens with zero attached hydrogens (tertiary/aromatic N) is 1. The maximum atomic E-state index is 13.6. The molecule has 5 nitrogen and oxygen atoms in total. The molecular weight excluding hydrogens is 358 g/mol. The van der Waals surface area contributed by atoms with Crippen LogP contribution in [0.1, 0.15) is 18.4 Å². The minimum atomic E-state index is -5.08. The van der Waals surface area contributed by atoms with Crippen LogP contribution >= 0.6 is 0 Å². The molecule has 1 N–H and O–H groups in total. The van der Waals surface area contributed by atoms with Crippen molar-refractivity contribution < 1.29 is 36.9 Å². The van der Waals surface area contributed by atoms with E-state index in [1.165, 1.54) is 6.07 Å². The zero-order valence-electron chi connectivity index (χ0n) is 14.3. The lowest BCUT2D eigenvalue weighted by Crippen LogP contribution is -2.65. The molecule has 2 heterocycles. The molecule has 1 atom stereocenters. The smallest absolute Gasteiger partial charge is 0.475 e. The highest BCUT2D eigenvalue weighted by Crippen LogP contribution is 2.36. The molecule has 0 aromatic heterocycles. The van der Waals surface area contributed by atoms with Gasteiger partial charge in [0, 0.05) is 45.3 Å². The molecule has 0 aliphatic carbocycles. The molecule has 0 amide bonds. The number of aliphatic carboxylic acids is 1. The van der Waals surface area contributed by atoms with Crippen LogP contribution in [-0.2, 0) is 20.8 Å². The number of ether oxygens (including phenoxy) is 2. The Balaban J connectivity index is 0.000000298. The Morgan fingerprint density at radius 1 is 1.38 bits per heavy atom. The van der Waals surface area contributed by atoms with E-state index in [4.69, 9.17) is 19.4 Å². The van der Waals surface area contributed by atoms with Crippen molar-refractivity contribution in [1.82, 2.24) is 4.90 Å². The second-order valence-corrected chi connectivity index (χ2v) is 6.42. The average Bonchev–Trinajstić information content (AvgIpc) is 2.55. The Morgan fingerprint density at radius 2 is 2.00 bits per heavy atom. The van der Waals surface area contributed by atoms with Crippen molar-refractivity contribution in [3.05, 3.63) is 35.6 Å². The van der Waals surface area contributed by atoms with E-state index in [1.807, 2.05) is 12.1 Å². The second kappa shape index (κ2) is 8.32. The molecule has 1 unspecified atom stereocenters. The van der Waals surface area contributed by atoms with Crippen LogP contribution in [0.15, 0.2) is 24.3 Å². The third-order valence-electron chi connectivity index (χ3n) is 4.40. The van der Waals surface area contributed by atoms with Gasteiger partial charge in [-0.2, -0.15) is 13.2 Å². The van der Waals surface area contributed by atoms with Gasteiger partial charge in [-0.25, -0.2) is 9.18 Å². The van der Waals surface area contributed by atoms with Crippen molar-refractivity contribution in [2.24, 2.45) is 0 Å². The molecule has 2 fully saturated rings. The van der Waals surface area contributed by atoms with Crippen LogP contribution in [0.2, 0.25) is 0 Å². The number of carbonyl (C=O) groups is 1. The molecule has 146 valence electrons. The first-order chi connectivity index (χ1) is 12.1. The number of rotatable bonds is 3. The first kappa shape index (κ1) is 20.6. The fourth-order valence-electron chi connectivity index (χ4n) is 3.15. The van der Waals surface area contributed by atoms with Gasteiger partial charge in [0.25, 0.3) is 0 Å². The SMILES string of the molecule is COC1CCOC2(C1)CN(Cc1ccccc1F)C2.O=C(O)C(F)(F)F. The van der Waals surface area contributed by atoms with E-state index >= 15 is 0 Å². The van der Waals surface area contributed by atoms with E-state index in [0.717, 1.165) is 38.1 Å². The standard InChI is InChI=1S/C15H20FNO2.C2HF3O2/c1-18-13-6-7-19-15(8-13)10-17(11-15)9-12-4-2-3-5-14(12)16;3-2(4,5)1(6)7/h2-5,13H,6-11H2,1H3;(H,6,7). The molecule has 0 saturated carbocycles. The fraction of sp³-hybridized carbons (Fsp3) is 0.588. The van der Waals surface area contributed by atoms with Gasteiger partial charge in [0.2, 0.25) is 0 Å². The first-order valence-corrected chi connectivity index (χ1v) is 8.08. The Bertz CT molecular complexity index is 617. The van der Waals surface area contributed by atoms with Crippen LogP contribution in [0.25, 0.3) is 0 Å². The molecule has 9 heteroatoms. The van der Waals surface area contributed by atoms with Crippen molar-refractivity contribution in [2.75, 3.05) is 26.8 Å². The molecule has 2 aliphatic rings. The van der Waals surface area contributed by atoms with E-state index in [2.05, 4.69) is 4.90 Å². The number of benzene rings is 1. The van der Waals surface area contributed by atoms with Crippen molar-refractivity contribution >= 4 is 5.97 Å². The van der Waals surface area contributed by atoms with Crippen molar-refractivity contribution in [1.29, 1.82) is 0 Å². The zero-order chi connectivity index (χ0) is 19.4. The normalized spacial score (nSPS) is 22.3. The quantitative estimate of drug-likeness (QED) is 0.819. The molecule has 1 aromatic rings. The molecular formula is C17H21F4NO4. The Hall–Kier alpha value is -1.71. The van der Waals surface area contributed by atoms with Crippen LogP contribution in [0, 0.1) is 5.82 Å². The van der Waals surface area contributed by atoms with Gasteiger partial charge >= 0.3 is 12.1 Å². The van der Waals surface area contributed by atoms with Crippen LogP contribution in [-0.4, -0.2) is 60.7 Å². The lowest BCUT2D eigenvalue weighted by Gasteiger charge is -2.53. The number of hydrogen-bond donors (Lipinski definition) is 1. The van der Waals surface area contributed by atoms with Crippen LogP contribution in [0.4, 0.5) is 17.6 Å². The highest BCUT2D eigenvalue weighted by Gasteiger charge is 2.47. The molecule has 2 saturated heterocycles. The Morgan fingerprint density at radius 3 is 2.54 bits per heavy atom. The van der Waals surface area contributed by atoms with Crippen molar-refractivity contribution in [3.63, 3.8) is 0 Å². The highest BCUT2D eigenvalue weighted by atomic mass is 19.4. The molecule has 26 heavy (non-hydrogen) atoms. The van der Waals surface area contributed by atoms with E-state index in [-0.39, 0.29) is 11.4 Å². The summed E-state index contributed by atoms with van der Waals surface area (Å²) in [7, 11) is 1.76. The third kappa shape index (κ3) is 5.39. The maximum Gasteiger partial charge on any atom is 0.490 e. The van der Waals surface area contributed by atoms with E-state index in [1.54, 1.807) is 13.2 Å². The second-order valence-electron chi connectivity index (χ2n) is 6.42. The number of carboxylic acid groups (broad SMARTS) is 1. The summed E-state index contributed by atoms with van der Waals surface area (Å²) in [4.78, 5) is 11.1. The maximum absolute atomic E-state index is 13.6. The van der Waals surface area contributed by atoms with Gasteiger partial charge in [0.15, 0.2) is 0 Å². The van der Waals surface area contributed by atoms with Gasteiger partial charge in [-0.3, -0.25) is 4.90 Å². The summed E-state index contributed by atoms with van der Waals surface area (Å²) in [5.74, 6) is -2.88. The van der Waals surface area contributed by atoms with E-state index < -0.39 is 12.1 Å². The van der Waals surface area contributed by atoms with Gasteiger partial charge in [0.05, 0.1) is 11.7 Å². The van der Waals surface area contributed by atoms with Gasteiger partial charge in [0.1, 0.15) is 5.82 Å². The topological polar surface area (TPSA) is 59.0 Å². The number of halogens is 4. The summed E-state index contributed by atoms with van der Waals surface area (Å²) >= 11 is 0. The van der Waals surface area contributed by atoms with Crippen LogP contribution < -0.4 is 0 Å². The molecule has 1 spiro atoms. The van der Waals surface area contributed by atoms with E-state index in [0.29, 0.717) is 12.6 Å². The number of methoxy groups -OCH3 is 1. The summed E-state index contributed by atoms with van der Waals surface area (Å²) in [5.41, 5.74) is 0.709. The molecule has 0 bridgehead atoms. The molecule has 1 aromatic carbocycles. The summed E-state index contributed by atoms with van der Waals surface area (Å²) in [6.07, 6.45) is -2.84. The zero-order valence-corrected chi connectivity index (χ0v) is 14.3. The third-order valence-corrected chi connectivity index (χ3v) is 4.40. The van der Waals surface area contributed by atoms with Gasteiger partial charge < -0.3 is 14.6 Å². The summed E-state index contributed by atoms with van der Waals surface area (Å²) in [6, 6.07) is 6.97. The predicted octanol–water partition coefficient (Wildman–Crippen LogP) is 2.84. The predicted molar refractivity (Wildman–Crippen MR) is 84.1 cm³/mol. The fourth-order valence-corrected chi connectivity index (χ4v) is 3.15. The lowest BCUT2D eigenvalue weighted by atomic mass is 9.84. The Labute approximate surface area is 148 Å². The summed E-state index contributed by atoms with van der Waals surface area (Å²) < 4.78 is 56.7. The van der Waals surface area contributed by atoms with Crippen LogP contribution in [0.3, 0.4) is 0 Å². The highest BCUT2D eigenvalue weighted by molar-refractivity contribution is 5.73. The van der Waals surface area contributed by atoms with Gasteiger partial charge in [-0.1, -0.05) is 18.2 Å². The molecule has 3 rings (SSSR count). The first-order valence-electron chi connectivity index (χ1n) is 8.08. The number of carboxylic acids is 1. The monoisotopic (exact) mass is 379 g/mol. The number of alkyl halides is 3. The lowest BCUT2D eigenvalue weighted by molar-refractivity contribution is -0.195. The van der Waals surface area contributed by atoms with E-state index in [9.17, 15) is 17.6 Å². The summed E-state index contributed by atoms with van der Waals surface area (Å²) in [6.45, 7) is 3.18. The van der Waals surface area contributed by atoms with Gasteiger partial charge in [-0.15, -0.1) is 0 Å². The average molecular weight is 379 g/mol. The number of hydrogen-bond acceptors (Lipinski definition) is 4. The molecule has 2 aliphatic heterocycles. The number of likely N-dealkylation sites (tertiary alicyclic amines) is 1.